The van der Waals surface area contributed by atoms with E-state index in [0.717, 1.165) is 12.1 Å². The van der Waals surface area contributed by atoms with Crippen LogP contribution in [0.3, 0.4) is 0 Å². The Balaban J connectivity index is 3.01. The van der Waals surface area contributed by atoms with E-state index in [1.165, 1.54) is 5.56 Å². The van der Waals surface area contributed by atoms with Gasteiger partial charge in [-0.3, -0.25) is 0 Å². The van der Waals surface area contributed by atoms with Gasteiger partial charge in [-0.1, -0.05) is 38.5 Å². The minimum absolute atomic E-state index is 0.120. The van der Waals surface area contributed by atoms with Crippen molar-refractivity contribution in [3.05, 3.63) is 29.8 Å². The third kappa shape index (κ3) is 3.01. The number of nitrogens with zero attached hydrogens (tertiary/aromatic N) is 1. The summed E-state index contributed by atoms with van der Waals surface area (Å²) in [5.41, 5.74) is 2.08. The number of benzene rings is 1. The second-order valence-corrected chi connectivity index (χ2v) is 4.82. The molecule has 0 radical (unpaired) electrons. The molecular formula is C14H19NO. The summed E-state index contributed by atoms with van der Waals surface area (Å²) < 4.78 is 0. The van der Waals surface area contributed by atoms with Crippen molar-refractivity contribution in [1.29, 1.82) is 0 Å². The van der Waals surface area contributed by atoms with Crippen LogP contribution in [0.25, 0.3) is 0 Å². The molecule has 0 spiro atoms. The molecule has 0 aliphatic rings. The van der Waals surface area contributed by atoms with E-state index in [-0.39, 0.29) is 12.0 Å². The summed E-state index contributed by atoms with van der Waals surface area (Å²) in [6.07, 6.45) is 6.21. The van der Waals surface area contributed by atoms with Crippen molar-refractivity contribution in [1.82, 2.24) is 0 Å². The zero-order valence-corrected chi connectivity index (χ0v) is 10.2. The average Bonchev–Trinajstić information content (AvgIpc) is 2.28. The molecular weight excluding hydrogens is 198 g/mol. The maximum atomic E-state index is 9.29. The normalized spacial score (nSPS) is 10.9. The van der Waals surface area contributed by atoms with Crippen LogP contribution in [-0.4, -0.2) is 18.8 Å². The van der Waals surface area contributed by atoms with Crippen molar-refractivity contribution in [3.8, 4) is 12.5 Å². The molecule has 1 rings (SSSR count). The van der Waals surface area contributed by atoms with E-state index in [1.807, 2.05) is 39.1 Å². The maximum Gasteiger partial charge on any atom is 0.0517 e. The molecule has 0 heterocycles. The fourth-order valence-electron chi connectivity index (χ4n) is 1.63. The SMILES string of the molecule is C#CN(C)c1ccccc1CC(C)(C)CO. The van der Waals surface area contributed by atoms with Crippen LogP contribution < -0.4 is 4.90 Å². The molecule has 1 N–H and O–H groups in total. The van der Waals surface area contributed by atoms with Gasteiger partial charge >= 0.3 is 0 Å². The fraction of sp³-hybridized carbons (Fsp3) is 0.429. The van der Waals surface area contributed by atoms with Crippen LogP contribution >= 0.6 is 0 Å². The zero-order valence-electron chi connectivity index (χ0n) is 10.2. The fourth-order valence-corrected chi connectivity index (χ4v) is 1.63. The second-order valence-electron chi connectivity index (χ2n) is 4.82. The Hall–Kier alpha value is -1.46. The first kappa shape index (κ1) is 12.6. The van der Waals surface area contributed by atoms with Crippen molar-refractivity contribution >= 4 is 5.69 Å². The van der Waals surface area contributed by atoms with E-state index in [0.29, 0.717) is 0 Å². The van der Waals surface area contributed by atoms with Gasteiger partial charge in [0.1, 0.15) is 0 Å². The number of hydrogen-bond acceptors (Lipinski definition) is 2. The Bertz CT molecular complexity index is 390. The maximum absolute atomic E-state index is 9.29. The van der Waals surface area contributed by atoms with E-state index >= 15 is 0 Å². The number of anilines is 1. The molecule has 2 nitrogen and oxygen atoms in total. The van der Waals surface area contributed by atoms with Gasteiger partial charge < -0.3 is 10.0 Å². The van der Waals surface area contributed by atoms with Crippen LogP contribution in [0.1, 0.15) is 19.4 Å². The van der Waals surface area contributed by atoms with Gasteiger partial charge in [-0.25, -0.2) is 0 Å². The highest BCUT2D eigenvalue weighted by atomic mass is 16.3. The smallest absolute Gasteiger partial charge is 0.0517 e. The monoisotopic (exact) mass is 217 g/mol. The van der Waals surface area contributed by atoms with Crippen molar-refractivity contribution in [2.24, 2.45) is 5.41 Å². The summed E-state index contributed by atoms with van der Waals surface area (Å²) in [6.45, 7) is 4.25. The summed E-state index contributed by atoms with van der Waals surface area (Å²) in [7, 11) is 1.87. The number of para-hydroxylation sites is 1. The number of hydrogen-bond donors (Lipinski definition) is 1. The molecule has 0 aromatic heterocycles. The van der Waals surface area contributed by atoms with Crippen molar-refractivity contribution in [2.75, 3.05) is 18.6 Å². The first-order chi connectivity index (χ1) is 7.50. The van der Waals surface area contributed by atoms with Crippen molar-refractivity contribution < 1.29 is 5.11 Å². The van der Waals surface area contributed by atoms with Gasteiger partial charge in [0.2, 0.25) is 0 Å². The molecule has 0 atom stereocenters. The first-order valence-electron chi connectivity index (χ1n) is 5.39. The Morgan fingerprint density at radius 2 is 2.00 bits per heavy atom. The number of terminal acetylenes is 1. The standard InChI is InChI=1S/C14H19NO/c1-5-15(4)13-9-7-6-8-12(13)10-14(2,3)11-16/h1,6-9,16H,10-11H2,2-4H3. The van der Waals surface area contributed by atoms with Crippen LogP contribution in [0.2, 0.25) is 0 Å². The van der Waals surface area contributed by atoms with Gasteiger partial charge in [-0.05, 0) is 23.5 Å². The van der Waals surface area contributed by atoms with Gasteiger partial charge in [-0.15, -0.1) is 0 Å². The summed E-state index contributed by atoms with van der Waals surface area (Å²) in [4.78, 5) is 1.77. The molecule has 0 bridgehead atoms. The predicted molar refractivity (Wildman–Crippen MR) is 68.2 cm³/mol. The molecule has 2 heteroatoms. The molecule has 0 saturated carbocycles. The quantitative estimate of drug-likeness (QED) is 0.618. The number of rotatable bonds is 4. The lowest BCUT2D eigenvalue weighted by molar-refractivity contribution is 0.160. The summed E-state index contributed by atoms with van der Waals surface area (Å²) in [5.74, 6) is 0. The highest BCUT2D eigenvalue weighted by Gasteiger charge is 2.19. The topological polar surface area (TPSA) is 23.5 Å². The van der Waals surface area contributed by atoms with Crippen molar-refractivity contribution in [2.45, 2.75) is 20.3 Å². The Labute approximate surface area is 97.9 Å². The van der Waals surface area contributed by atoms with Crippen LogP contribution in [0.5, 0.6) is 0 Å². The van der Waals surface area contributed by atoms with E-state index < -0.39 is 0 Å². The van der Waals surface area contributed by atoms with Crippen LogP contribution in [0.4, 0.5) is 5.69 Å². The molecule has 1 aromatic rings. The van der Waals surface area contributed by atoms with Crippen LogP contribution in [0.15, 0.2) is 24.3 Å². The van der Waals surface area contributed by atoms with Gasteiger partial charge in [-0.2, -0.15) is 0 Å². The van der Waals surface area contributed by atoms with Crippen LogP contribution in [0, 0.1) is 17.9 Å². The lowest BCUT2D eigenvalue weighted by Crippen LogP contribution is -2.21. The van der Waals surface area contributed by atoms with E-state index in [4.69, 9.17) is 6.42 Å². The summed E-state index contributed by atoms with van der Waals surface area (Å²) in [6, 6.07) is 10.6. The third-order valence-electron chi connectivity index (χ3n) is 2.64. The molecule has 86 valence electrons. The lowest BCUT2D eigenvalue weighted by Gasteiger charge is -2.24. The molecule has 16 heavy (non-hydrogen) atoms. The molecule has 0 aliphatic carbocycles. The minimum Gasteiger partial charge on any atom is -0.396 e. The van der Waals surface area contributed by atoms with Gasteiger partial charge in [0, 0.05) is 19.7 Å². The lowest BCUT2D eigenvalue weighted by atomic mass is 9.86. The molecule has 0 amide bonds. The van der Waals surface area contributed by atoms with Gasteiger partial charge in [0.05, 0.1) is 5.69 Å². The first-order valence-corrected chi connectivity index (χ1v) is 5.39. The third-order valence-corrected chi connectivity index (χ3v) is 2.64. The average molecular weight is 217 g/mol. The number of aliphatic hydroxyl groups is 1. The Morgan fingerprint density at radius 3 is 2.56 bits per heavy atom. The molecule has 0 aliphatic heterocycles. The minimum atomic E-state index is -0.120. The summed E-state index contributed by atoms with van der Waals surface area (Å²) in [5, 5.41) is 9.29. The van der Waals surface area contributed by atoms with E-state index in [9.17, 15) is 5.11 Å². The van der Waals surface area contributed by atoms with Gasteiger partial charge in [0.15, 0.2) is 0 Å². The predicted octanol–water partition coefficient (Wildman–Crippen LogP) is 2.27. The highest BCUT2D eigenvalue weighted by molar-refractivity contribution is 5.56. The van der Waals surface area contributed by atoms with E-state index in [1.54, 1.807) is 4.90 Å². The number of aliphatic hydroxyl groups excluding tert-OH is 1. The molecule has 0 fully saturated rings. The highest BCUT2D eigenvalue weighted by Crippen LogP contribution is 2.27. The molecule has 0 saturated heterocycles. The molecule has 0 unspecified atom stereocenters. The Kier molecular flexibility index (Phi) is 3.98. The van der Waals surface area contributed by atoms with Crippen LogP contribution in [-0.2, 0) is 6.42 Å². The van der Waals surface area contributed by atoms with Crippen molar-refractivity contribution in [3.63, 3.8) is 0 Å². The summed E-state index contributed by atoms with van der Waals surface area (Å²) >= 11 is 0. The van der Waals surface area contributed by atoms with E-state index in [2.05, 4.69) is 12.1 Å². The molecule has 1 aromatic carbocycles. The zero-order chi connectivity index (χ0) is 12.2. The second kappa shape index (κ2) is 5.05. The van der Waals surface area contributed by atoms with Gasteiger partial charge in [0.25, 0.3) is 0 Å². The Morgan fingerprint density at radius 1 is 1.38 bits per heavy atom. The largest absolute Gasteiger partial charge is 0.396 e.